The van der Waals surface area contributed by atoms with Crippen LogP contribution in [-0.2, 0) is 10.8 Å². The molecular formula is C16H21NO2S2. The van der Waals surface area contributed by atoms with E-state index in [2.05, 4.69) is 12.2 Å². The maximum Gasteiger partial charge on any atom is 0.118 e. The molecule has 2 aromatic rings. The van der Waals surface area contributed by atoms with E-state index in [9.17, 15) is 4.21 Å². The molecule has 3 atom stereocenters. The van der Waals surface area contributed by atoms with Gasteiger partial charge in [0.2, 0.25) is 0 Å². The Hall–Kier alpha value is -1.17. The summed E-state index contributed by atoms with van der Waals surface area (Å²) in [5.41, 5.74) is 1.13. The average molecular weight is 323 g/mol. The first kappa shape index (κ1) is 16.2. The van der Waals surface area contributed by atoms with Gasteiger partial charge in [0.05, 0.1) is 27.4 Å². The molecule has 1 aromatic heterocycles. The van der Waals surface area contributed by atoms with Gasteiger partial charge in [0, 0.05) is 6.04 Å². The molecule has 0 aliphatic rings. The minimum absolute atomic E-state index is 0.00278. The van der Waals surface area contributed by atoms with Crippen LogP contribution in [0.2, 0.25) is 0 Å². The van der Waals surface area contributed by atoms with Crippen molar-refractivity contribution in [3.05, 3.63) is 47.3 Å². The zero-order valence-corrected chi connectivity index (χ0v) is 14.2. The van der Waals surface area contributed by atoms with Crippen molar-refractivity contribution in [1.29, 1.82) is 0 Å². The third kappa shape index (κ3) is 3.93. The van der Waals surface area contributed by atoms with Gasteiger partial charge in [-0.15, -0.1) is 11.3 Å². The first-order valence-corrected chi connectivity index (χ1v) is 9.08. The van der Waals surface area contributed by atoms with Crippen LogP contribution in [0.4, 0.5) is 0 Å². The lowest BCUT2D eigenvalue weighted by molar-refractivity contribution is 0.414. The molecule has 3 unspecified atom stereocenters. The number of methoxy groups -OCH3 is 1. The fourth-order valence-electron chi connectivity index (χ4n) is 2.27. The van der Waals surface area contributed by atoms with Crippen molar-refractivity contribution in [2.45, 2.75) is 29.3 Å². The van der Waals surface area contributed by atoms with Crippen molar-refractivity contribution in [3.8, 4) is 5.75 Å². The number of nitrogens with one attached hydrogen (secondary N) is 1. The smallest absolute Gasteiger partial charge is 0.118 e. The van der Waals surface area contributed by atoms with E-state index >= 15 is 0 Å². The molecular weight excluding hydrogens is 302 g/mol. The van der Waals surface area contributed by atoms with Crippen molar-refractivity contribution in [2.24, 2.45) is 0 Å². The van der Waals surface area contributed by atoms with E-state index in [-0.39, 0.29) is 11.3 Å². The highest BCUT2D eigenvalue weighted by Crippen LogP contribution is 2.27. The summed E-state index contributed by atoms with van der Waals surface area (Å²) in [5.74, 6) is 0.834. The summed E-state index contributed by atoms with van der Waals surface area (Å²) >= 11 is 1.55. The molecule has 1 N–H and O–H groups in total. The van der Waals surface area contributed by atoms with Crippen molar-refractivity contribution in [1.82, 2.24) is 5.32 Å². The summed E-state index contributed by atoms with van der Waals surface area (Å²) in [4.78, 5) is 0. The third-order valence-corrected chi connectivity index (χ3v) is 6.32. The minimum atomic E-state index is -1.01. The first-order valence-electron chi connectivity index (χ1n) is 6.98. The van der Waals surface area contributed by atoms with Gasteiger partial charge in [-0.25, -0.2) is 0 Å². The van der Waals surface area contributed by atoms with E-state index in [4.69, 9.17) is 4.74 Å². The Kier molecular flexibility index (Phi) is 5.96. The van der Waals surface area contributed by atoms with E-state index in [1.807, 2.05) is 48.7 Å². The van der Waals surface area contributed by atoms with Gasteiger partial charge in [0.15, 0.2) is 0 Å². The summed E-state index contributed by atoms with van der Waals surface area (Å²) < 4.78 is 18.8. The second kappa shape index (κ2) is 7.73. The lowest BCUT2D eigenvalue weighted by Crippen LogP contribution is -2.32. The zero-order chi connectivity index (χ0) is 15.2. The van der Waals surface area contributed by atoms with Gasteiger partial charge in [-0.2, -0.15) is 0 Å². The number of benzene rings is 1. The number of ether oxygens (including phenoxy) is 1. The van der Waals surface area contributed by atoms with Gasteiger partial charge in [0.1, 0.15) is 5.75 Å². The molecule has 3 nitrogen and oxygen atoms in total. The summed E-state index contributed by atoms with van der Waals surface area (Å²) in [5, 5.41) is 5.41. The Morgan fingerprint density at radius 1 is 1.29 bits per heavy atom. The highest BCUT2D eigenvalue weighted by atomic mass is 32.2. The van der Waals surface area contributed by atoms with Crippen LogP contribution in [0.25, 0.3) is 0 Å². The molecule has 0 amide bonds. The maximum atomic E-state index is 12.7. The average Bonchev–Trinajstić information content (AvgIpc) is 3.06. The topological polar surface area (TPSA) is 38.3 Å². The Morgan fingerprint density at radius 3 is 2.52 bits per heavy atom. The van der Waals surface area contributed by atoms with E-state index in [0.29, 0.717) is 0 Å². The summed E-state index contributed by atoms with van der Waals surface area (Å²) in [6.07, 6.45) is 0. The quantitative estimate of drug-likeness (QED) is 0.846. The summed E-state index contributed by atoms with van der Waals surface area (Å²) in [7, 11) is 0.647. The lowest BCUT2D eigenvalue weighted by atomic mass is 10.0. The van der Waals surface area contributed by atoms with E-state index < -0.39 is 10.8 Å². The molecule has 2 rings (SSSR count). The molecule has 114 valence electrons. The molecule has 0 bridgehead atoms. The molecule has 0 saturated carbocycles. The highest BCUT2D eigenvalue weighted by Gasteiger charge is 2.25. The number of rotatable bonds is 7. The molecule has 0 saturated heterocycles. The normalized spacial score (nSPS) is 15.4. The lowest BCUT2D eigenvalue weighted by Gasteiger charge is -2.24. The fraction of sp³-hybridized carbons (Fsp3) is 0.375. The molecule has 5 heteroatoms. The summed E-state index contributed by atoms with van der Waals surface area (Å²) in [6.45, 7) is 4.94. The van der Waals surface area contributed by atoms with Crippen LogP contribution in [0.15, 0.2) is 46.0 Å². The number of hydrogen-bond acceptors (Lipinski definition) is 4. The molecule has 0 aliphatic heterocycles. The molecule has 21 heavy (non-hydrogen) atoms. The molecule has 0 radical (unpaired) electrons. The van der Waals surface area contributed by atoms with Crippen molar-refractivity contribution >= 4 is 22.1 Å². The van der Waals surface area contributed by atoms with Gasteiger partial charge in [0.25, 0.3) is 0 Å². The first-order chi connectivity index (χ1) is 10.2. The SMILES string of the molecule is CCNC(c1ccc(OC)cc1)C(C)S(=O)c1cccs1. The predicted molar refractivity (Wildman–Crippen MR) is 89.6 cm³/mol. The largest absolute Gasteiger partial charge is 0.497 e. The zero-order valence-electron chi connectivity index (χ0n) is 12.5. The van der Waals surface area contributed by atoms with Crippen LogP contribution >= 0.6 is 11.3 Å². The van der Waals surface area contributed by atoms with E-state index in [0.717, 1.165) is 22.1 Å². The Balaban J connectivity index is 2.22. The maximum absolute atomic E-state index is 12.7. The van der Waals surface area contributed by atoms with Gasteiger partial charge < -0.3 is 10.1 Å². The summed E-state index contributed by atoms with van der Waals surface area (Å²) in [6, 6.07) is 11.9. The van der Waals surface area contributed by atoms with Crippen LogP contribution in [0.1, 0.15) is 25.5 Å². The molecule has 0 fully saturated rings. The monoisotopic (exact) mass is 323 g/mol. The third-order valence-electron chi connectivity index (χ3n) is 3.40. The van der Waals surface area contributed by atoms with E-state index in [1.54, 1.807) is 18.4 Å². The van der Waals surface area contributed by atoms with Crippen LogP contribution < -0.4 is 10.1 Å². The molecule has 1 heterocycles. The van der Waals surface area contributed by atoms with Gasteiger partial charge >= 0.3 is 0 Å². The van der Waals surface area contributed by atoms with Gasteiger partial charge in [-0.05, 0) is 42.6 Å². The van der Waals surface area contributed by atoms with Gasteiger partial charge in [-0.1, -0.05) is 25.1 Å². The van der Waals surface area contributed by atoms with E-state index in [1.165, 1.54) is 0 Å². The molecule has 0 aliphatic carbocycles. The van der Waals surface area contributed by atoms with Crippen LogP contribution in [0, 0.1) is 0 Å². The van der Waals surface area contributed by atoms with Crippen molar-refractivity contribution < 1.29 is 8.95 Å². The van der Waals surface area contributed by atoms with Crippen molar-refractivity contribution in [2.75, 3.05) is 13.7 Å². The Labute approximate surface area is 132 Å². The minimum Gasteiger partial charge on any atom is -0.497 e. The second-order valence-corrected chi connectivity index (χ2v) is 7.73. The Morgan fingerprint density at radius 2 is 2.00 bits per heavy atom. The van der Waals surface area contributed by atoms with Crippen LogP contribution in [0.5, 0.6) is 5.75 Å². The number of hydrogen-bond donors (Lipinski definition) is 1. The van der Waals surface area contributed by atoms with Crippen LogP contribution in [-0.4, -0.2) is 23.1 Å². The fourth-order valence-corrected chi connectivity index (χ4v) is 4.80. The highest BCUT2D eigenvalue weighted by molar-refractivity contribution is 7.87. The van der Waals surface area contributed by atoms with Crippen molar-refractivity contribution in [3.63, 3.8) is 0 Å². The standard InChI is InChI=1S/C16H21NO2S2/c1-4-17-16(13-7-9-14(19-3)10-8-13)12(2)21(18)15-6-5-11-20-15/h5-12,16-17H,4H2,1-3H3. The van der Waals surface area contributed by atoms with Gasteiger partial charge in [-0.3, -0.25) is 4.21 Å². The predicted octanol–water partition coefficient (Wildman–Crippen LogP) is 3.60. The molecule has 0 spiro atoms. The van der Waals surface area contributed by atoms with Crippen LogP contribution in [0.3, 0.4) is 0 Å². The molecule has 1 aromatic carbocycles. The second-order valence-electron chi connectivity index (χ2n) is 4.74. The number of thiophene rings is 1. The Bertz CT molecular complexity index is 566.